The van der Waals surface area contributed by atoms with Crippen LogP contribution in [0.3, 0.4) is 0 Å². The van der Waals surface area contributed by atoms with Gasteiger partial charge in [-0.15, -0.1) is 0 Å². The standard InChI is InChI=1S/C9H14N4O2S.C9H16N4OS/c1-5(2)3-13-7(10)6(11-4-14)8(15)12-9(13)16;1-5(2)4-13-7(10)6(11-3)8(14)12-9(13)15/h4-5H,3,10H2,1-2H3,(H,11,14)(H,12,15,16);5,11H,4,10H2,1-3H3,(H,12,14,15). The summed E-state index contributed by atoms with van der Waals surface area (Å²) >= 11 is 10.1. The lowest BCUT2D eigenvalue weighted by atomic mass is 10.2. The predicted octanol–water partition coefficient (Wildman–Crippen LogP) is 1.90. The molecule has 172 valence electrons. The molecule has 0 saturated carbocycles. The van der Waals surface area contributed by atoms with Gasteiger partial charge in [-0.1, -0.05) is 27.7 Å². The van der Waals surface area contributed by atoms with E-state index in [2.05, 4.69) is 34.4 Å². The first kappa shape index (κ1) is 26.1. The molecule has 0 radical (unpaired) electrons. The molecule has 0 saturated heterocycles. The Hall–Kier alpha value is -2.93. The van der Waals surface area contributed by atoms with Gasteiger partial charge < -0.3 is 31.2 Å². The third-order valence-electron chi connectivity index (χ3n) is 4.03. The molecule has 0 aromatic carbocycles. The number of rotatable bonds is 7. The highest BCUT2D eigenvalue weighted by atomic mass is 32.1. The van der Waals surface area contributed by atoms with Gasteiger partial charge in [0.15, 0.2) is 9.54 Å². The minimum absolute atomic E-state index is 0.0317. The number of aromatic amines is 2. The summed E-state index contributed by atoms with van der Waals surface area (Å²) in [6, 6.07) is 0. The zero-order valence-electron chi connectivity index (χ0n) is 18.2. The van der Waals surface area contributed by atoms with Crippen LogP contribution in [0.2, 0.25) is 0 Å². The van der Waals surface area contributed by atoms with Crippen LogP contribution >= 0.6 is 24.4 Å². The highest BCUT2D eigenvalue weighted by molar-refractivity contribution is 7.71. The summed E-state index contributed by atoms with van der Waals surface area (Å²) in [5.41, 5.74) is 11.3. The highest BCUT2D eigenvalue weighted by Gasteiger charge is 2.11. The number of anilines is 4. The van der Waals surface area contributed by atoms with Gasteiger partial charge in [-0.25, -0.2) is 0 Å². The van der Waals surface area contributed by atoms with Crippen LogP contribution in [0.15, 0.2) is 9.59 Å². The number of carbonyl (C=O) groups is 1. The Balaban J connectivity index is 0.000000311. The molecule has 13 heteroatoms. The van der Waals surface area contributed by atoms with Crippen molar-refractivity contribution in [3.63, 3.8) is 0 Å². The molecule has 0 aliphatic rings. The van der Waals surface area contributed by atoms with E-state index >= 15 is 0 Å². The van der Waals surface area contributed by atoms with E-state index in [1.54, 1.807) is 16.2 Å². The van der Waals surface area contributed by atoms with Gasteiger partial charge >= 0.3 is 0 Å². The van der Waals surface area contributed by atoms with Crippen LogP contribution in [-0.4, -0.2) is 32.6 Å². The van der Waals surface area contributed by atoms with E-state index in [0.717, 1.165) is 0 Å². The average Bonchev–Trinajstić information content (AvgIpc) is 2.66. The molecule has 0 bridgehead atoms. The number of amides is 1. The second-order valence-electron chi connectivity index (χ2n) is 7.56. The molecule has 11 nitrogen and oxygen atoms in total. The first-order chi connectivity index (χ1) is 14.4. The molecule has 0 aliphatic carbocycles. The maximum Gasteiger partial charge on any atom is 0.277 e. The van der Waals surface area contributed by atoms with E-state index in [1.165, 1.54) is 0 Å². The smallest absolute Gasteiger partial charge is 0.277 e. The number of carbonyl (C=O) groups excluding carboxylic acids is 1. The van der Waals surface area contributed by atoms with Crippen molar-refractivity contribution in [2.24, 2.45) is 11.8 Å². The van der Waals surface area contributed by atoms with Crippen molar-refractivity contribution in [3.05, 3.63) is 30.2 Å². The monoisotopic (exact) mass is 470 g/mol. The van der Waals surface area contributed by atoms with Gasteiger partial charge in [-0.2, -0.15) is 0 Å². The van der Waals surface area contributed by atoms with Crippen LogP contribution in [0.1, 0.15) is 27.7 Å². The Morgan fingerprint density at radius 3 is 1.65 bits per heavy atom. The van der Waals surface area contributed by atoms with E-state index in [0.29, 0.717) is 47.6 Å². The quantitative estimate of drug-likeness (QED) is 0.263. The summed E-state index contributed by atoms with van der Waals surface area (Å²) in [5.74, 6) is 1.30. The minimum Gasteiger partial charge on any atom is -0.383 e. The Morgan fingerprint density at radius 2 is 1.29 bits per heavy atom. The minimum atomic E-state index is -0.491. The Kier molecular flexibility index (Phi) is 9.65. The van der Waals surface area contributed by atoms with E-state index < -0.39 is 5.56 Å². The van der Waals surface area contributed by atoms with Crippen molar-refractivity contribution in [2.75, 3.05) is 29.1 Å². The normalized spacial score (nSPS) is 10.5. The summed E-state index contributed by atoms with van der Waals surface area (Å²) < 4.78 is 3.94. The summed E-state index contributed by atoms with van der Waals surface area (Å²) in [4.78, 5) is 38.3. The lowest BCUT2D eigenvalue weighted by molar-refractivity contribution is -0.105. The van der Waals surface area contributed by atoms with Crippen molar-refractivity contribution in [1.29, 1.82) is 0 Å². The summed E-state index contributed by atoms with van der Waals surface area (Å²) in [6.45, 7) is 9.39. The maximum absolute atomic E-state index is 11.5. The van der Waals surface area contributed by atoms with Crippen LogP contribution < -0.4 is 33.2 Å². The van der Waals surface area contributed by atoms with Crippen LogP contribution in [0.4, 0.5) is 23.0 Å². The molecule has 0 fully saturated rings. The van der Waals surface area contributed by atoms with Crippen LogP contribution in [0.25, 0.3) is 0 Å². The van der Waals surface area contributed by atoms with E-state index in [-0.39, 0.29) is 21.8 Å². The van der Waals surface area contributed by atoms with Crippen molar-refractivity contribution in [1.82, 2.24) is 19.1 Å². The van der Waals surface area contributed by atoms with Gasteiger partial charge in [-0.05, 0) is 36.3 Å². The number of nitrogens with zero attached hydrogens (tertiary/aromatic N) is 2. The SMILES string of the molecule is CC(C)Cn1c(N)c(NC=O)c(=O)[nH]c1=S.CNc1c(N)n(CC(C)C)c(=S)[nH]c1=O. The van der Waals surface area contributed by atoms with Gasteiger partial charge in [-0.3, -0.25) is 24.4 Å². The lowest BCUT2D eigenvalue weighted by Gasteiger charge is -2.15. The maximum atomic E-state index is 11.5. The molecule has 1 amide bonds. The number of nitrogen functional groups attached to an aromatic ring is 2. The largest absolute Gasteiger partial charge is 0.383 e. The molecule has 8 N–H and O–H groups in total. The Labute approximate surface area is 189 Å². The molecule has 2 heterocycles. The van der Waals surface area contributed by atoms with Crippen LogP contribution in [0, 0.1) is 21.4 Å². The lowest BCUT2D eigenvalue weighted by Crippen LogP contribution is -2.23. The van der Waals surface area contributed by atoms with Gasteiger partial charge in [0, 0.05) is 20.1 Å². The Bertz CT molecular complexity index is 1140. The second-order valence-corrected chi connectivity index (χ2v) is 8.33. The van der Waals surface area contributed by atoms with Crippen LogP contribution in [0.5, 0.6) is 0 Å². The number of nitrogens with two attached hydrogens (primary N) is 2. The molecule has 2 aromatic rings. The molecule has 0 unspecified atom stereocenters. The van der Waals surface area contributed by atoms with E-state index in [1.807, 2.05) is 13.8 Å². The van der Waals surface area contributed by atoms with Gasteiger partial charge in [0.2, 0.25) is 6.41 Å². The fourth-order valence-corrected chi connectivity index (χ4v) is 3.24. The fraction of sp³-hybridized carbons (Fsp3) is 0.500. The molecule has 31 heavy (non-hydrogen) atoms. The highest BCUT2D eigenvalue weighted by Crippen LogP contribution is 2.14. The summed E-state index contributed by atoms with van der Waals surface area (Å²) in [7, 11) is 1.66. The fourth-order valence-electron chi connectivity index (χ4n) is 2.71. The van der Waals surface area contributed by atoms with Crippen LogP contribution in [-0.2, 0) is 17.9 Å². The number of nitrogens with one attached hydrogen (secondary N) is 4. The van der Waals surface area contributed by atoms with Crippen molar-refractivity contribution in [3.8, 4) is 0 Å². The molecule has 0 atom stereocenters. The first-order valence-corrected chi connectivity index (χ1v) is 10.4. The zero-order chi connectivity index (χ0) is 23.9. The van der Waals surface area contributed by atoms with E-state index in [9.17, 15) is 14.4 Å². The summed E-state index contributed by atoms with van der Waals surface area (Å²) in [5, 5.41) is 5.04. The number of H-pyrrole nitrogens is 2. The topological polar surface area (TPSA) is 169 Å². The number of hydrogen-bond donors (Lipinski definition) is 6. The molecular formula is C18H30N8O3S2. The van der Waals surface area contributed by atoms with Crippen molar-refractivity contribution >= 4 is 53.9 Å². The van der Waals surface area contributed by atoms with Crippen molar-refractivity contribution < 1.29 is 4.79 Å². The molecular weight excluding hydrogens is 440 g/mol. The first-order valence-electron chi connectivity index (χ1n) is 9.57. The molecule has 0 aliphatic heterocycles. The van der Waals surface area contributed by atoms with Gasteiger partial charge in [0.05, 0.1) is 0 Å². The summed E-state index contributed by atoms with van der Waals surface area (Å²) in [6.07, 6.45) is 0.406. The van der Waals surface area contributed by atoms with Gasteiger partial charge in [0.25, 0.3) is 11.1 Å². The number of aromatic nitrogens is 4. The average molecular weight is 471 g/mol. The van der Waals surface area contributed by atoms with Crippen molar-refractivity contribution in [2.45, 2.75) is 40.8 Å². The van der Waals surface area contributed by atoms with Gasteiger partial charge in [0.1, 0.15) is 23.0 Å². The zero-order valence-corrected chi connectivity index (χ0v) is 19.9. The van der Waals surface area contributed by atoms with E-state index in [4.69, 9.17) is 35.9 Å². The number of hydrogen-bond acceptors (Lipinski definition) is 8. The predicted molar refractivity (Wildman–Crippen MR) is 130 cm³/mol. The Morgan fingerprint density at radius 1 is 0.903 bits per heavy atom. The molecule has 0 spiro atoms. The molecule has 2 aromatic heterocycles. The second kappa shape index (κ2) is 11.5. The molecule has 2 rings (SSSR count). The third-order valence-corrected chi connectivity index (χ3v) is 4.67. The third kappa shape index (κ3) is 6.79.